The van der Waals surface area contributed by atoms with E-state index in [1.54, 1.807) is 0 Å². The summed E-state index contributed by atoms with van der Waals surface area (Å²) in [5.74, 6) is 0. The molecule has 2 fully saturated rings. The second-order valence-electron chi connectivity index (χ2n) is 6.71. The second kappa shape index (κ2) is 7.72. The van der Waals surface area contributed by atoms with Gasteiger partial charge in [-0.15, -0.1) is 12.4 Å². The molecule has 3 N–H and O–H groups in total. The third-order valence-corrected chi connectivity index (χ3v) is 7.00. The quantitative estimate of drug-likeness (QED) is 0.610. The topological polar surface area (TPSA) is 118 Å². The first-order valence-corrected chi connectivity index (χ1v) is 10.1. The molecule has 0 amide bonds. The SMILES string of the molecule is Cl.O=c1[nH]c(=O)c2cc(S(=O)(=O)N3CCC(N4CCNCC4)C3)ccc2[nH]1. The van der Waals surface area contributed by atoms with Crippen LogP contribution in [0.4, 0.5) is 0 Å². The number of H-pyrrole nitrogens is 2. The molecular weight excluding hydrogens is 394 g/mol. The number of sulfonamides is 1. The highest BCUT2D eigenvalue weighted by Gasteiger charge is 2.35. The van der Waals surface area contributed by atoms with Crippen molar-refractivity contribution in [2.45, 2.75) is 17.4 Å². The van der Waals surface area contributed by atoms with Gasteiger partial charge in [-0.3, -0.25) is 14.7 Å². The monoisotopic (exact) mass is 415 g/mol. The molecule has 1 atom stereocenters. The number of nitrogens with one attached hydrogen (secondary N) is 3. The Kier molecular flexibility index (Phi) is 5.73. The van der Waals surface area contributed by atoms with E-state index < -0.39 is 21.3 Å². The normalized spacial score (nSPS) is 22.0. The number of nitrogens with zero attached hydrogens (tertiary/aromatic N) is 2. The van der Waals surface area contributed by atoms with Crippen LogP contribution in [0.25, 0.3) is 10.9 Å². The van der Waals surface area contributed by atoms with Crippen LogP contribution in [0.3, 0.4) is 0 Å². The van der Waals surface area contributed by atoms with Gasteiger partial charge in [0.05, 0.1) is 15.8 Å². The molecule has 11 heteroatoms. The molecule has 0 aliphatic carbocycles. The highest BCUT2D eigenvalue weighted by atomic mass is 35.5. The number of benzene rings is 1. The van der Waals surface area contributed by atoms with Gasteiger partial charge in [-0.1, -0.05) is 0 Å². The van der Waals surface area contributed by atoms with Crippen molar-refractivity contribution in [1.82, 2.24) is 24.5 Å². The first-order chi connectivity index (χ1) is 12.4. The molecule has 0 bridgehead atoms. The molecular formula is C16H22ClN5O4S. The number of hydrogen-bond acceptors (Lipinski definition) is 6. The first-order valence-electron chi connectivity index (χ1n) is 8.66. The molecule has 9 nitrogen and oxygen atoms in total. The lowest BCUT2D eigenvalue weighted by Gasteiger charge is -2.32. The standard InChI is InChI=1S/C16H21N5O4S.ClH/c22-15-13-9-12(1-2-14(13)18-16(23)19-15)26(24,25)21-6-3-11(10-21)20-7-4-17-5-8-20;/h1-2,9,11,17H,3-8,10H2,(H2,18,19,22,23);1H. The molecule has 0 saturated carbocycles. The number of aromatic amines is 2. The fraction of sp³-hybridized carbons (Fsp3) is 0.500. The van der Waals surface area contributed by atoms with Gasteiger partial charge in [0.1, 0.15) is 0 Å². The summed E-state index contributed by atoms with van der Waals surface area (Å²) in [6.45, 7) is 4.64. The number of fused-ring (bicyclic) bond motifs is 1. The largest absolute Gasteiger partial charge is 0.326 e. The van der Waals surface area contributed by atoms with Gasteiger partial charge in [-0.05, 0) is 24.6 Å². The zero-order chi connectivity index (χ0) is 18.3. The maximum absolute atomic E-state index is 13.0. The summed E-state index contributed by atoms with van der Waals surface area (Å²) in [4.78, 5) is 30.3. The maximum Gasteiger partial charge on any atom is 0.326 e. The highest BCUT2D eigenvalue weighted by molar-refractivity contribution is 7.89. The molecule has 2 aliphatic heterocycles. The van der Waals surface area contributed by atoms with Gasteiger partial charge >= 0.3 is 5.69 Å². The van der Waals surface area contributed by atoms with E-state index in [9.17, 15) is 18.0 Å². The van der Waals surface area contributed by atoms with Crippen LogP contribution in [-0.4, -0.2) is 72.9 Å². The zero-order valence-electron chi connectivity index (χ0n) is 14.6. The van der Waals surface area contributed by atoms with E-state index in [0.717, 1.165) is 32.6 Å². The van der Waals surface area contributed by atoms with E-state index in [1.807, 2.05) is 0 Å². The van der Waals surface area contributed by atoms with Crippen molar-refractivity contribution < 1.29 is 8.42 Å². The van der Waals surface area contributed by atoms with Gasteiger partial charge in [0.25, 0.3) is 5.56 Å². The van der Waals surface area contributed by atoms with E-state index in [4.69, 9.17) is 0 Å². The minimum absolute atomic E-state index is 0. The van der Waals surface area contributed by atoms with Crippen LogP contribution in [-0.2, 0) is 10.0 Å². The predicted molar refractivity (Wildman–Crippen MR) is 104 cm³/mol. The van der Waals surface area contributed by atoms with Crippen LogP contribution in [0.5, 0.6) is 0 Å². The van der Waals surface area contributed by atoms with Gasteiger partial charge in [-0.2, -0.15) is 4.31 Å². The van der Waals surface area contributed by atoms with Crippen molar-refractivity contribution in [3.63, 3.8) is 0 Å². The van der Waals surface area contributed by atoms with Crippen molar-refractivity contribution in [3.8, 4) is 0 Å². The summed E-state index contributed by atoms with van der Waals surface area (Å²) in [5, 5.41) is 3.46. The average molecular weight is 416 g/mol. The number of piperazine rings is 1. The second-order valence-corrected chi connectivity index (χ2v) is 8.65. The molecule has 4 rings (SSSR count). The summed E-state index contributed by atoms with van der Waals surface area (Å²) in [5.41, 5.74) is -0.893. The lowest BCUT2D eigenvalue weighted by molar-refractivity contribution is 0.179. The average Bonchev–Trinajstić information content (AvgIpc) is 3.13. The fourth-order valence-corrected chi connectivity index (χ4v) is 5.25. The van der Waals surface area contributed by atoms with Crippen molar-refractivity contribution in [1.29, 1.82) is 0 Å². The fourth-order valence-electron chi connectivity index (χ4n) is 3.73. The Bertz CT molecular complexity index is 1040. The zero-order valence-corrected chi connectivity index (χ0v) is 16.2. The van der Waals surface area contributed by atoms with Crippen LogP contribution >= 0.6 is 12.4 Å². The molecule has 148 valence electrons. The minimum Gasteiger partial charge on any atom is -0.314 e. The van der Waals surface area contributed by atoms with Gasteiger partial charge in [0.15, 0.2) is 0 Å². The Morgan fingerprint density at radius 2 is 1.78 bits per heavy atom. The van der Waals surface area contributed by atoms with E-state index in [0.29, 0.717) is 18.6 Å². The molecule has 0 radical (unpaired) electrons. The Labute approximate surface area is 162 Å². The van der Waals surface area contributed by atoms with Crippen molar-refractivity contribution in [2.75, 3.05) is 39.3 Å². The summed E-state index contributed by atoms with van der Waals surface area (Å²) >= 11 is 0. The van der Waals surface area contributed by atoms with E-state index in [-0.39, 0.29) is 28.7 Å². The van der Waals surface area contributed by atoms with E-state index in [2.05, 4.69) is 20.2 Å². The van der Waals surface area contributed by atoms with Crippen molar-refractivity contribution >= 4 is 33.3 Å². The Morgan fingerprint density at radius 3 is 2.52 bits per heavy atom. The number of hydrogen-bond donors (Lipinski definition) is 3. The summed E-state index contributed by atoms with van der Waals surface area (Å²) < 4.78 is 27.5. The third-order valence-electron chi connectivity index (χ3n) is 5.14. The molecule has 1 unspecified atom stereocenters. The van der Waals surface area contributed by atoms with Gasteiger partial charge in [-0.25, -0.2) is 13.2 Å². The molecule has 1 aromatic carbocycles. The molecule has 2 saturated heterocycles. The van der Waals surface area contributed by atoms with Crippen molar-refractivity contribution in [2.24, 2.45) is 0 Å². The molecule has 3 heterocycles. The molecule has 2 aliphatic rings. The number of rotatable bonds is 3. The first kappa shape index (κ1) is 20.0. The number of halogens is 1. The van der Waals surface area contributed by atoms with E-state index in [1.165, 1.54) is 22.5 Å². The molecule has 1 aromatic heterocycles. The summed E-state index contributed by atoms with van der Waals surface area (Å²) in [6, 6.07) is 4.46. The van der Waals surface area contributed by atoms with Gasteiger partial charge in [0, 0.05) is 45.3 Å². The van der Waals surface area contributed by atoms with Crippen LogP contribution in [0.1, 0.15) is 6.42 Å². The maximum atomic E-state index is 13.0. The highest BCUT2D eigenvalue weighted by Crippen LogP contribution is 2.25. The number of aromatic nitrogens is 2. The van der Waals surface area contributed by atoms with Crippen LogP contribution in [0.2, 0.25) is 0 Å². The third kappa shape index (κ3) is 3.81. The van der Waals surface area contributed by atoms with Crippen LogP contribution < -0.4 is 16.6 Å². The van der Waals surface area contributed by atoms with Crippen LogP contribution in [0, 0.1) is 0 Å². The molecule has 27 heavy (non-hydrogen) atoms. The Morgan fingerprint density at radius 1 is 1.04 bits per heavy atom. The van der Waals surface area contributed by atoms with Crippen molar-refractivity contribution in [3.05, 3.63) is 39.0 Å². The lowest BCUT2D eigenvalue weighted by Crippen LogP contribution is -2.49. The van der Waals surface area contributed by atoms with Gasteiger partial charge < -0.3 is 10.3 Å². The summed E-state index contributed by atoms with van der Waals surface area (Å²) in [6.07, 6.45) is 0.806. The van der Waals surface area contributed by atoms with E-state index >= 15 is 0 Å². The summed E-state index contributed by atoms with van der Waals surface area (Å²) in [7, 11) is -3.68. The van der Waals surface area contributed by atoms with Gasteiger partial charge in [0.2, 0.25) is 10.0 Å². The predicted octanol–water partition coefficient (Wildman–Crippen LogP) is -0.694. The Balaban J connectivity index is 0.00000210. The molecule has 2 aromatic rings. The molecule has 0 spiro atoms. The van der Waals surface area contributed by atoms with Crippen LogP contribution in [0.15, 0.2) is 32.7 Å². The minimum atomic E-state index is -3.68. The smallest absolute Gasteiger partial charge is 0.314 e. The lowest BCUT2D eigenvalue weighted by atomic mass is 10.2. The Hall–Kier alpha value is -1.72.